The van der Waals surface area contributed by atoms with E-state index in [0.29, 0.717) is 26.2 Å². The number of piperazine rings is 1. The highest BCUT2D eigenvalue weighted by atomic mass is 16.5. The van der Waals surface area contributed by atoms with Crippen LogP contribution >= 0.6 is 0 Å². The van der Waals surface area contributed by atoms with Crippen LogP contribution in [-0.2, 0) is 14.3 Å². The van der Waals surface area contributed by atoms with Crippen molar-refractivity contribution in [2.24, 2.45) is 5.92 Å². The average Bonchev–Trinajstić information content (AvgIpc) is 2.49. The fourth-order valence-electron chi connectivity index (χ4n) is 2.74. The fraction of sp³-hybridized carbons (Fsp3) is 0.846. The predicted molar refractivity (Wildman–Crippen MR) is 71.2 cm³/mol. The fourth-order valence-corrected chi connectivity index (χ4v) is 2.74. The number of amides is 2. The van der Waals surface area contributed by atoms with Crippen molar-refractivity contribution in [2.75, 3.05) is 39.4 Å². The molecule has 2 saturated heterocycles. The van der Waals surface area contributed by atoms with Crippen LogP contribution in [0.1, 0.15) is 6.92 Å². The Labute approximate surface area is 122 Å². The Bertz CT molecular complexity index is 396. The quantitative estimate of drug-likeness (QED) is 0.516. The third-order valence-corrected chi connectivity index (χ3v) is 4.17. The summed E-state index contributed by atoms with van der Waals surface area (Å²) in [6.45, 7) is 2.79. The molecule has 2 aliphatic heterocycles. The van der Waals surface area contributed by atoms with E-state index in [0.717, 1.165) is 0 Å². The lowest BCUT2D eigenvalue weighted by Gasteiger charge is -2.40. The van der Waals surface area contributed by atoms with Gasteiger partial charge in [-0.25, -0.2) is 0 Å². The predicted octanol–water partition coefficient (Wildman–Crippen LogP) is -2.59. The van der Waals surface area contributed by atoms with E-state index in [1.165, 1.54) is 6.92 Å². The minimum atomic E-state index is -1.28. The van der Waals surface area contributed by atoms with Crippen molar-refractivity contribution in [2.45, 2.75) is 25.2 Å². The first-order chi connectivity index (χ1) is 9.95. The molecule has 0 bridgehead atoms. The number of aliphatic hydroxyl groups excluding tert-OH is 3. The van der Waals surface area contributed by atoms with Gasteiger partial charge in [-0.05, 0) is 0 Å². The van der Waals surface area contributed by atoms with Gasteiger partial charge in [0.2, 0.25) is 11.8 Å². The van der Waals surface area contributed by atoms with E-state index in [2.05, 4.69) is 0 Å². The molecule has 2 heterocycles. The summed E-state index contributed by atoms with van der Waals surface area (Å²) in [7, 11) is 0. The number of rotatable bonds is 2. The summed E-state index contributed by atoms with van der Waals surface area (Å²) in [5.41, 5.74) is 0. The standard InChI is InChI=1S/C13H22N2O6/c1-8(17)14-2-4-15(5-3-14)13(20)9-7-21-10(6-16)12(19)11(9)18/h9-12,16,18-19H,2-7H2,1H3/t9-,10-,11-,12+/m1/s1. The summed E-state index contributed by atoms with van der Waals surface area (Å²) in [6, 6.07) is 0. The number of ether oxygens (including phenoxy) is 1. The molecule has 2 aliphatic rings. The Morgan fingerprint density at radius 3 is 2.19 bits per heavy atom. The molecule has 120 valence electrons. The van der Waals surface area contributed by atoms with Crippen LogP contribution in [0.15, 0.2) is 0 Å². The minimum absolute atomic E-state index is 0.0238. The number of nitrogens with zero attached hydrogens (tertiary/aromatic N) is 2. The van der Waals surface area contributed by atoms with Crippen molar-refractivity contribution in [3.63, 3.8) is 0 Å². The van der Waals surface area contributed by atoms with E-state index in [-0.39, 0.29) is 18.4 Å². The smallest absolute Gasteiger partial charge is 0.230 e. The van der Waals surface area contributed by atoms with Gasteiger partial charge in [-0.2, -0.15) is 0 Å². The Kier molecular flexibility index (Phi) is 5.15. The van der Waals surface area contributed by atoms with Crippen molar-refractivity contribution in [3.8, 4) is 0 Å². The second-order valence-corrected chi connectivity index (χ2v) is 5.47. The monoisotopic (exact) mass is 302 g/mol. The molecule has 21 heavy (non-hydrogen) atoms. The van der Waals surface area contributed by atoms with Gasteiger partial charge in [-0.1, -0.05) is 0 Å². The van der Waals surface area contributed by atoms with Gasteiger partial charge < -0.3 is 29.9 Å². The summed E-state index contributed by atoms with van der Waals surface area (Å²) in [5.74, 6) is -1.16. The summed E-state index contributed by atoms with van der Waals surface area (Å²) in [4.78, 5) is 26.9. The molecule has 0 spiro atoms. The average molecular weight is 302 g/mol. The van der Waals surface area contributed by atoms with E-state index in [9.17, 15) is 19.8 Å². The number of hydrogen-bond acceptors (Lipinski definition) is 6. The third kappa shape index (κ3) is 3.34. The van der Waals surface area contributed by atoms with Gasteiger partial charge in [0.15, 0.2) is 0 Å². The van der Waals surface area contributed by atoms with Crippen LogP contribution < -0.4 is 0 Å². The van der Waals surface area contributed by atoms with Gasteiger partial charge >= 0.3 is 0 Å². The van der Waals surface area contributed by atoms with Gasteiger partial charge in [0.1, 0.15) is 12.2 Å². The molecule has 4 atom stereocenters. The van der Waals surface area contributed by atoms with E-state index in [4.69, 9.17) is 9.84 Å². The maximum Gasteiger partial charge on any atom is 0.230 e. The zero-order chi connectivity index (χ0) is 15.6. The van der Waals surface area contributed by atoms with Crippen LogP contribution in [0, 0.1) is 5.92 Å². The van der Waals surface area contributed by atoms with Gasteiger partial charge in [-0.3, -0.25) is 9.59 Å². The summed E-state index contributed by atoms with van der Waals surface area (Å²) in [5, 5.41) is 28.8. The van der Waals surface area contributed by atoms with Crippen molar-refractivity contribution in [3.05, 3.63) is 0 Å². The number of hydrogen-bond donors (Lipinski definition) is 3. The number of carbonyl (C=O) groups excluding carboxylic acids is 2. The Hall–Kier alpha value is -1.22. The molecule has 0 aromatic heterocycles. The zero-order valence-electron chi connectivity index (χ0n) is 12.0. The summed E-state index contributed by atoms with van der Waals surface area (Å²) < 4.78 is 5.22. The second kappa shape index (κ2) is 6.69. The summed E-state index contributed by atoms with van der Waals surface area (Å²) in [6.07, 6.45) is -3.40. The highest BCUT2D eigenvalue weighted by Crippen LogP contribution is 2.23. The molecule has 2 rings (SSSR count). The molecule has 0 saturated carbocycles. The molecular weight excluding hydrogens is 280 g/mol. The lowest BCUT2D eigenvalue weighted by Crippen LogP contribution is -2.58. The molecular formula is C13H22N2O6. The van der Waals surface area contributed by atoms with Gasteiger partial charge in [-0.15, -0.1) is 0 Å². The van der Waals surface area contributed by atoms with Crippen LogP contribution in [0.25, 0.3) is 0 Å². The van der Waals surface area contributed by atoms with Crippen molar-refractivity contribution in [1.29, 1.82) is 0 Å². The topological polar surface area (TPSA) is 111 Å². The molecule has 2 amide bonds. The van der Waals surface area contributed by atoms with Crippen LogP contribution in [0.5, 0.6) is 0 Å². The normalized spacial score (nSPS) is 33.9. The minimum Gasteiger partial charge on any atom is -0.394 e. The first-order valence-corrected chi connectivity index (χ1v) is 7.08. The van der Waals surface area contributed by atoms with Crippen LogP contribution in [-0.4, -0.2) is 94.6 Å². The lowest BCUT2D eigenvalue weighted by molar-refractivity contribution is -0.187. The molecule has 2 fully saturated rings. The molecule has 3 N–H and O–H groups in total. The molecule has 8 nitrogen and oxygen atoms in total. The van der Waals surface area contributed by atoms with E-state index in [1.807, 2.05) is 0 Å². The second-order valence-electron chi connectivity index (χ2n) is 5.47. The molecule has 0 aromatic rings. The van der Waals surface area contributed by atoms with Crippen LogP contribution in [0.3, 0.4) is 0 Å². The Morgan fingerprint density at radius 1 is 1.10 bits per heavy atom. The van der Waals surface area contributed by atoms with Crippen LogP contribution in [0.4, 0.5) is 0 Å². The van der Waals surface area contributed by atoms with Crippen molar-refractivity contribution >= 4 is 11.8 Å². The molecule has 0 unspecified atom stereocenters. The van der Waals surface area contributed by atoms with E-state index >= 15 is 0 Å². The maximum absolute atomic E-state index is 12.4. The van der Waals surface area contributed by atoms with Gasteiger partial charge in [0.05, 0.1) is 25.2 Å². The molecule has 0 radical (unpaired) electrons. The van der Waals surface area contributed by atoms with E-state index < -0.39 is 30.8 Å². The lowest BCUT2D eigenvalue weighted by atomic mass is 9.91. The maximum atomic E-state index is 12.4. The van der Waals surface area contributed by atoms with E-state index in [1.54, 1.807) is 9.80 Å². The van der Waals surface area contributed by atoms with Crippen LogP contribution in [0.2, 0.25) is 0 Å². The largest absolute Gasteiger partial charge is 0.394 e. The third-order valence-electron chi connectivity index (χ3n) is 4.17. The van der Waals surface area contributed by atoms with Crippen molar-refractivity contribution < 1.29 is 29.6 Å². The van der Waals surface area contributed by atoms with Gasteiger partial charge in [0.25, 0.3) is 0 Å². The first-order valence-electron chi connectivity index (χ1n) is 7.08. The summed E-state index contributed by atoms with van der Waals surface area (Å²) >= 11 is 0. The highest BCUT2D eigenvalue weighted by Gasteiger charge is 2.43. The zero-order valence-corrected chi connectivity index (χ0v) is 12.0. The van der Waals surface area contributed by atoms with Crippen molar-refractivity contribution in [1.82, 2.24) is 9.80 Å². The Balaban J connectivity index is 1.93. The number of aliphatic hydroxyl groups is 3. The number of carbonyl (C=O) groups is 2. The van der Waals surface area contributed by atoms with Gasteiger partial charge in [0, 0.05) is 33.1 Å². The SMILES string of the molecule is CC(=O)N1CCN(C(=O)[C@@H]2CO[C@H](CO)[C@H](O)[C@@H]2O)CC1. The molecule has 8 heteroatoms. The Morgan fingerprint density at radius 2 is 1.67 bits per heavy atom. The highest BCUT2D eigenvalue weighted by molar-refractivity contribution is 5.80. The molecule has 0 aliphatic carbocycles. The molecule has 0 aromatic carbocycles. The first kappa shape index (κ1) is 16.2.